The summed E-state index contributed by atoms with van der Waals surface area (Å²) in [6, 6.07) is 2.60. The van der Waals surface area contributed by atoms with Gasteiger partial charge >= 0.3 is 5.97 Å². The standard InChI is InChI=1S/C38H53N7O7S2/c1-3-5-6-7-8-9-10-11-12-13-14-15-16-17-18-19-29(46)51-25-27-20-22-44(23-21-27)24-28-26-53-36-31(35(48)45(36)32(28)37(49)50)40-34(47)30(42-52-4-2)33-41-38(39)54-43-33/h11-12,20-23,31,36H,3-10,13-19,24-26H2,1-2H3,(H3-,39,40,41,43,47,49,50)/b12-11-,42-30?/t31?,36-/m0/s1. The number of aromatic nitrogens is 3. The summed E-state index contributed by atoms with van der Waals surface area (Å²) in [6.07, 6.45) is 24.2. The lowest BCUT2D eigenvalue weighted by Gasteiger charge is -2.50. The fraction of sp³-hybridized carbons (Fsp3) is 0.579. The van der Waals surface area contributed by atoms with Gasteiger partial charge in [-0.25, -0.2) is 4.57 Å². The number of anilines is 1. The summed E-state index contributed by atoms with van der Waals surface area (Å²) in [7, 11) is 0. The number of fused-ring (bicyclic) bond motifs is 1. The molecule has 2 aromatic heterocycles. The highest BCUT2D eigenvalue weighted by molar-refractivity contribution is 8.00. The zero-order chi connectivity index (χ0) is 38.7. The van der Waals surface area contributed by atoms with Crippen LogP contribution in [0.25, 0.3) is 0 Å². The van der Waals surface area contributed by atoms with Crippen LogP contribution in [0.15, 0.2) is 53.1 Å². The molecule has 294 valence electrons. The Hall–Kier alpha value is -4.31. The number of esters is 1. The summed E-state index contributed by atoms with van der Waals surface area (Å²) in [6.45, 7) is 4.45. The molecule has 54 heavy (non-hydrogen) atoms. The van der Waals surface area contributed by atoms with Crippen molar-refractivity contribution in [2.45, 2.75) is 128 Å². The van der Waals surface area contributed by atoms with E-state index in [1.165, 1.54) is 69.5 Å². The number of nitrogen functional groups attached to an aromatic ring is 1. The number of β-lactam (4-membered cyclic amide) rings is 1. The second-order valence-corrected chi connectivity index (χ2v) is 15.2. The van der Waals surface area contributed by atoms with E-state index in [0.717, 1.165) is 47.7 Å². The Morgan fingerprint density at radius 3 is 2.33 bits per heavy atom. The Morgan fingerprint density at radius 2 is 1.70 bits per heavy atom. The fourth-order valence-electron chi connectivity index (χ4n) is 6.13. The second kappa shape index (κ2) is 22.8. The van der Waals surface area contributed by atoms with Crippen LogP contribution in [0.4, 0.5) is 5.13 Å². The van der Waals surface area contributed by atoms with E-state index in [1.54, 1.807) is 36.0 Å². The molecule has 3 N–H and O–H groups in total. The van der Waals surface area contributed by atoms with E-state index in [2.05, 4.69) is 38.9 Å². The van der Waals surface area contributed by atoms with Gasteiger partial charge in [-0.05, 0) is 39.0 Å². The summed E-state index contributed by atoms with van der Waals surface area (Å²) >= 11 is 2.20. The van der Waals surface area contributed by atoms with Crippen molar-refractivity contribution in [3.8, 4) is 0 Å². The fourth-order valence-corrected chi connectivity index (χ4v) is 7.90. The number of carboxylic acids is 1. The first-order valence-corrected chi connectivity index (χ1v) is 20.8. The Bertz CT molecular complexity index is 1640. The number of thioether (sulfide) groups is 1. The van der Waals surface area contributed by atoms with Gasteiger partial charge in [0.2, 0.25) is 11.5 Å². The minimum atomic E-state index is -1.48. The van der Waals surface area contributed by atoms with Crippen molar-refractivity contribution < 1.29 is 38.4 Å². The highest BCUT2D eigenvalue weighted by atomic mass is 32.2. The molecule has 0 aliphatic carbocycles. The Labute approximate surface area is 325 Å². The topological polar surface area (TPSA) is 193 Å². The summed E-state index contributed by atoms with van der Waals surface area (Å²) in [5.74, 6) is -2.81. The van der Waals surface area contributed by atoms with E-state index in [-0.39, 0.29) is 53.8 Å². The number of hydrogen-bond donors (Lipinski definition) is 2. The zero-order valence-electron chi connectivity index (χ0n) is 31.3. The van der Waals surface area contributed by atoms with Gasteiger partial charge in [0, 0.05) is 47.0 Å². The minimum Gasteiger partial charge on any atom is -0.543 e. The molecular weight excluding hydrogens is 731 g/mol. The molecule has 1 fully saturated rings. The maximum absolute atomic E-state index is 13.2. The van der Waals surface area contributed by atoms with Gasteiger partial charge in [-0.2, -0.15) is 9.36 Å². The van der Waals surface area contributed by atoms with Crippen LogP contribution in [0.1, 0.15) is 115 Å². The lowest BCUT2D eigenvalue weighted by molar-refractivity contribution is -0.689. The van der Waals surface area contributed by atoms with Crippen molar-refractivity contribution in [2.75, 3.05) is 18.1 Å². The number of nitrogens with zero attached hydrogens (tertiary/aromatic N) is 5. The Morgan fingerprint density at radius 1 is 1.04 bits per heavy atom. The summed E-state index contributed by atoms with van der Waals surface area (Å²) in [4.78, 5) is 61.0. The van der Waals surface area contributed by atoms with Crippen molar-refractivity contribution in [1.82, 2.24) is 19.6 Å². The number of amides is 2. The summed E-state index contributed by atoms with van der Waals surface area (Å²) in [5.41, 5.74) is 6.48. The van der Waals surface area contributed by atoms with Gasteiger partial charge in [-0.3, -0.25) is 19.3 Å². The third-order valence-corrected chi connectivity index (χ3v) is 10.9. The molecule has 2 aliphatic rings. The molecule has 4 heterocycles. The number of carbonyl (C=O) groups is 4. The lowest BCUT2D eigenvalue weighted by atomic mass is 10.0. The maximum atomic E-state index is 13.2. The minimum absolute atomic E-state index is 0.0454. The van der Waals surface area contributed by atoms with Crippen LogP contribution in [0.2, 0.25) is 0 Å². The van der Waals surface area contributed by atoms with Crippen molar-refractivity contribution in [1.29, 1.82) is 0 Å². The van der Waals surface area contributed by atoms with Gasteiger partial charge in [0.1, 0.15) is 24.6 Å². The number of nitrogens with two attached hydrogens (primary N) is 1. The van der Waals surface area contributed by atoms with E-state index in [1.807, 2.05) is 0 Å². The number of unbranched alkanes of at least 4 members (excludes halogenated alkanes) is 11. The van der Waals surface area contributed by atoms with E-state index in [9.17, 15) is 24.3 Å². The van der Waals surface area contributed by atoms with E-state index >= 15 is 0 Å². The number of carbonyl (C=O) groups excluding carboxylic acids is 4. The van der Waals surface area contributed by atoms with Crippen molar-refractivity contribution in [2.24, 2.45) is 5.16 Å². The number of oxime groups is 1. The van der Waals surface area contributed by atoms with Gasteiger partial charge < -0.3 is 30.5 Å². The van der Waals surface area contributed by atoms with Crippen LogP contribution in [-0.4, -0.2) is 67.5 Å². The van der Waals surface area contributed by atoms with Crippen molar-refractivity contribution in [3.63, 3.8) is 0 Å². The first kappa shape index (κ1) is 42.4. The summed E-state index contributed by atoms with van der Waals surface area (Å²) < 4.78 is 11.3. The van der Waals surface area contributed by atoms with Crippen LogP contribution >= 0.6 is 23.3 Å². The average molecular weight is 784 g/mol. The quantitative estimate of drug-likeness (QED) is 0.0277. The van der Waals surface area contributed by atoms with E-state index in [4.69, 9.17) is 15.3 Å². The zero-order valence-corrected chi connectivity index (χ0v) is 33.0. The lowest BCUT2D eigenvalue weighted by Crippen LogP contribution is -2.71. The predicted octanol–water partition coefficient (Wildman–Crippen LogP) is 4.33. The van der Waals surface area contributed by atoms with Gasteiger partial charge in [0.25, 0.3) is 11.8 Å². The third-order valence-electron chi connectivity index (χ3n) is 9.06. The predicted molar refractivity (Wildman–Crippen MR) is 205 cm³/mol. The Balaban J connectivity index is 1.16. The first-order valence-electron chi connectivity index (χ1n) is 19.0. The first-order chi connectivity index (χ1) is 26.2. The number of pyridine rings is 1. The normalized spacial score (nSPS) is 17.0. The third kappa shape index (κ3) is 12.9. The summed E-state index contributed by atoms with van der Waals surface area (Å²) in [5, 5.41) is 18.1. The molecule has 1 saturated heterocycles. The molecule has 4 rings (SSSR count). The van der Waals surface area contributed by atoms with E-state index < -0.39 is 29.2 Å². The number of hydrogen-bond acceptors (Lipinski definition) is 13. The molecule has 0 saturated carbocycles. The largest absolute Gasteiger partial charge is 0.543 e. The van der Waals surface area contributed by atoms with Gasteiger partial charge in [-0.1, -0.05) is 75.6 Å². The van der Waals surface area contributed by atoms with Crippen molar-refractivity contribution >= 4 is 57.9 Å². The number of allylic oxidation sites excluding steroid dienone is 2. The number of carboxylic acid groups (broad SMARTS) is 1. The highest BCUT2D eigenvalue weighted by Crippen LogP contribution is 2.40. The molecule has 2 aliphatic heterocycles. The molecule has 2 aromatic rings. The van der Waals surface area contributed by atoms with Crippen LogP contribution in [0.3, 0.4) is 0 Å². The smallest absolute Gasteiger partial charge is 0.306 e. The molecule has 14 nitrogen and oxygen atoms in total. The molecule has 0 radical (unpaired) electrons. The van der Waals surface area contributed by atoms with Gasteiger partial charge in [0.05, 0.1) is 11.7 Å². The van der Waals surface area contributed by atoms with Crippen molar-refractivity contribution in [3.05, 3.63) is 59.3 Å². The molecule has 0 aromatic carbocycles. The van der Waals surface area contributed by atoms with Crippen LogP contribution in [0, 0.1) is 0 Å². The molecule has 2 amide bonds. The molecule has 0 bridgehead atoms. The Kier molecular flexibility index (Phi) is 17.9. The number of nitrogens with one attached hydrogen (secondary N) is 1. The van der Waals surface area contributed by atoms with Crippen LogP contribution in [0.5, 0.6) is 0 Å². The number of aliphatic carboxylic acids is 1. The maximum Gasteiger partial charge on any atom is 0.306 e. The average Bonchev–Trinajstić information content (AvgIpc) is 3.60. The van der Waals surface area contributed by atoms with Crippen LogP contribution in [-0.2, 0) is 41.9 Å². The molecule has 1 unspecified atom stereocenters. The number of ether oxygens (including phenoxy) is 1. The molecule has 16 heteroatoms. The molecular formula is C38H53N7O7S2. The number of rotatable bonds is 25. The molecule has 0 spiro atoms. The molecule has 2 atom stereocenters. The second-order valence-electron chi connectivity index (χ2n) is 13.3. The van der Waals surface area contributed by atoms with Gasteiger partial charge in [-0.15, -0.1) is 11.8 Å². The van der Waals surface area contributed by atoms with Gasteiger partial charge in [0.15, 0.2) is 24.1 Å². The van der Waals surface area contributed by atoms with Crippen LogP contribution < -0.4 is 20.7 Å². The SMILES string of the molecule is CCCCCCCC/C=C\CCCCCCCC(=O)OCc1cc[n+](CC2=C(C(=O)[O-])N3C(=O)C(NC(=O)C(=NOCC)c4nsc(N)n4)[C@@H]3SC2)cc1. The highest BCUT2D eigenvalue weighted by Gasteiger charge is 2.53. The van der Waals surface area contributed by atoms with E-state index in [0.29, 0.717) is 12.0 Å². The monoisotopic (exact) mass is 783 g/mol.